The van der Waals surface area contributed by atoms with Crippen LogP contribution < -0.4 is 16.0 Å². The van der Waals surface area contributed by atoms with Crippen LogP contribution in [0.25, 0.3) is 0 Å². The normalized spacial score (nSPS) is 9.33. The van der Waals surface area contributed by atoms with Crippen molar-refractivity contribution in [1.82, 2.24) is 10.6 Å². The van der Waals surface area contributed by atoms with E-state index in [9.17, 15) is 14.4 Å². The van der Waals surface area contributed by atoms with Gasteiger partial charge in [-0.3, -0.25) is 9.59 Å². The topological polar surface area (TPSA) is 131 Å². The maximum absolute atomic E-state index is 11.5. The molecule has 0 aliphatic heterocycles. The van der Waals surface area contributed by atoms with Crippen molar-refractivity contribution in [2.45, 2.75) is 0 Å². The van der Waals surface area contributed by atoms with Crippen LogP contribution in [0.5, 0.6) is 0 Å². The number of urea groups is 1. The molecule has 1 aromatic rings. The number of carbonyl (C=O) groups is 3. The van der Waals surface area contributed by atoms with Crippen LogP contribution >= 0.6 is 11.6 Å². The van der Waals surface area contributed by atoms with Crippen molar-refractivity contribution in [2.75, 3.05) is 18.4 Å². The lowest BCUT2D eigenvalue weighted by Crippen LogP contribution is -2.40. The minimum absolute atomic E-state index is 0.221. The highest BCUT2D eigenvalue weighted by atomic mass is 35.5. The summed E-state index contributed by atoms with van der Waals surface area (Å²) in [5.74, 6) is -1.84. The summed E-state index contributed by atoms with van der Waals surface area (Å²) in [7, 11) is 0. The number of hydrogen-bond acceptors (Lipinski definition) is 4. The predicted molar refractivity (Wildman–Crippen MR) is 73.8 cm³/mol. The van der Waals surface area contributed by atoms with E-state index in [1.54, 1.807) is 0 Å². The average Bonchev–Trinajstić information content (AvgIpc) is 2.45. The van der Waals surface area contributed by atoms with Gasteiger partial charge in [0.25, 0.3) is 0 Å². The van der Waals surface area contributed by atoms with Crippen LogP contribution in [-0.2, 0) is 9.59 Å². The van der Waals surface area contributed by atoms with Gasteiger partial charge < -0.3 is 21.1 Å². The van der Waals surface area contributed by atoms with E-state index in [0.717, 1.165) is 0 Å². The molecule has 0 aliphatic carbocycles. The molecule has 0 fully saturated rings. The molecule has 9 heteroatoms. The molecule has 0 aliphatic rings. The zero-order valence-electron chi connectivity index (χ0n) is 10.6. The second-order valence-electron chi connectivity index (χ2n) is 3.78. The van der Waals surface area contributed by atoms with Gasteiger partial charge in [0.05, 0.1) is 28.9 Å². The molecule has 0 saturated heterocycles. The molecule has 3 amide bonds. The summed E-state index contributed by atoms with van der Waals surface area (Å²) in [5, 5.41) is 24.0. The van der Waals surface area contributed by atoms with E-state index >= 15 is 0 Å². The second kappa shape index (κ2) is 7.72. The van der Waals surface area contributed by atoms with Gasteiger partial charge in [0.2, 0.25) is 5.91 Å². The minimum Gasteiger partial charge on any atom is -0.480 e. The fraction of sp³-hybridized carbons (Fsp3) is 0.167. The monoisotopic (exact) mass is 310 g/mol. The summed E-state index contributed by atoms with van der Waals surface area (Å²) in [4.78, 5) is 33.0. The smallest absolute Gasteiger partial charge is 0.322 e. The Morgan fingerprint density at radius 2 is 1.95 bits per heavy atom. The zero-order chi connectivity index (χ0) is 15.8. The van der Waals surface area contributed by atoms with E-state index in [2.05, 4.69) is 16.0 Å². The number of aliphatic carboxylic acids is 1. The Morgan fingerprint density at radius 1 is 1.24 bits per heavy atom. The molecule has 21 heavy (non-hydrogen) atoms. The number of anilines is 1. The van der Waals surface area contributed by atoms with Crippen molar-refractivity contribution in [3.05, 3.63) is 28.8 Å². The third kappa shape index (κ3) is 5.80. The third-order valence-electron chi connectivity index (χ3n) is 2.19. The fourth-order valence-electron chi connectivity index (χ4n) is 1.25. The standard InChI is InChI=1S/C12H11ClN4O4/c13-8-2-1-7(4-14)3-9(8)17-12(21)16-5-10(18)15-6-11(19)20/h1-3H,5-6H2,(H,15,18)(H,19,20)(H2,16,17,21). The Hall–Kier alpha value is -2.79. The predicted octanol–water partition coefficient (Wildman–Crippen LogP) is 0.534. The minimum atomic E-state index is -1.19. The first-order valence-corrected chi connectivity index (χ1v) is 6.03. The number of rotatable bonds is 5. The van der Waals surface area contributed by atoms with Gasteiger partial charge in [-0.1, -0.05) is 11.6 Å². The van der Waals surface area contributed by atoms with Crippen LogP contribution in [0, 0.1) is 11.3 Å². The quantitative estimate of drug-likeness (QED) is 0.630. The van der Waals surface area contributed by atoms with Crippen molar-refractivity contribution in [2.24, 2.45) is 0 Å². The third-order valence-corrected chi connectivity index (χ3v) is 2.52. The summed E-state index contributed by atoms with van der Waals surface area (Å²) in [6, 6.07) is 5.51. The average molecular weight is 311 g/mol. The molecule has 0 saturated carbocycles. The van der Waals surface area contributed by atoms with Gasteiger partial charge in [-0.2, -0.15) is 5.26 Å². The van der Waals surface area contributed by atoms with Crippen molar-refractivity contribution in [3.63, 3.8) is 0 Å². The van der Waals surface area contributed by atoms with E-state index < -0.39 is 31.0 Å². The first-order chi connectivity index (χ1) is 9.92. The molecule has 1 aromatic carbocycles. The molecule has 0 spiro atoms. The van der Waals surface area contributed by atoms with E-state index in [-0.39, 0.29) is 10.7 Å². The lowest BCUT2D eigenvalue weighted by molar-refractivity contribution is -0.137. The molecule has 0 unspecified atom stereocenters. The number of benzene rings is 1. The molecule has 0 heterocycles. The summed E-state index contributed by atoms with van der Waals surface area (Å²) in [5.41, 5.74) is 0.535. The van der Waals surface area contributed by atoms with Crippen LogP contribution in [-0.4, -0.2) is 36.1 Å². The Kier molecular flexibility index (Phi) is 5.98. The van der Waals surface area contributed by atoms with Crippen LogP contribution in [0.4, 0.5) is 10.5 Å². The molecule has 8 nitrogen and oxygen atoms in total. The Labute approximate surface area is 124 Å². The Balaban J connectivity index is 2.49. The highest BCUT2D eigenvalue weighted by Crippen LogP contribution is 2.22. The first-order valence-electron chi connectivity index (χ1n) is 5.65. The van der Waals surface area contributed by atoms with Gasteiger partial charge in [0.15, 0.2) is 0 Å². The van der Waals surface area contributed by atoms with Crippen LogP contribution in [0.2, 0.25) is 5.02 Å². The lowest BCUT2D eigenvalue weighted by atomic mass is 10.2. The van der Waals surface area contributed by atoms with Gasteiger partial charge >= 0.3 is 12.0 Å². The summed E-state index contributed by atoms with van der Waals surface area (Å²) < 4.78 is 0. The number of hydrogen-bond donors (Lipinski definition) is 4. The van der Waals surface area contributed by atoms with Crippen LogP contribution in [0.15, 0.2) is 18.2 Å². The number of halogens is 1. The molecule has 4 N–H and O–H groups in total. The molecule has 1 rings (SSSR count). The maximum atomic E-state index is 11.5. The number of carboxylic acid groups (broad SMARTS) is 1. The summed E-state index contributed by atoms with van der Waals surface area (Å²) in [6.45, 7) is -0.924. The number of carboxylic acids is 1. The van der Waals surface area contributed by atoms with E-state index in [4.69, 9.17) is 22.0 Å². The number of nitriles is 1. The molecular weight excluding hydrogens is 300 g/mol. The second-order valence-corrected chi connectivity index (χ2v) is 4.19. The molecular formula is C12H11ClN4O4. The number of nitrogens with zero attached hydrogens (tertiary/aromatic N) is 1. The highest BCUT2D eigenvalue weighted by molar-refractivity contribution is 6.33. The lowest BCUT2D eigenvalue weighted by Gasteiger charge is -2.09. The van der Waals surface area contributed by atoms with E-state index in [1.807, 2.05) is 6.07 Å². The largest absolute Gasteiger partial charge is 0.480 e. The fourth-order valence-corrected chi connectivity index (χ4v) is 1.42. The Bertz CT molecular complexity index is 612. The summed E-state index contributed by atoms with van der Waals surface area (Å²) in [6.07, 6.45) is 0. The van der Waals surface area contributed by atoms with E-state index in [0.29, 0.717) is 5.56 Å². The van der Waals surface area contributed by atoms with Crippen LogP contribution in [0.3, 0.4) is 0 Å². The van der Waals surface area contributed by atoms with Gasteiger partial charge in [-0.15, -0.1) is 0 Å². The van der Waals surface area contributed by atoms with Gasteiger partial charge in [0, 0.05) is 0 Å². The molecule has 0 aromatic heterocycles. The maximum Gasteiger partial charge on any atom is 0.322 e. The SMILES string of the molecule is N#Cc1ccc(Cl)c(NC(=O)NCC(=O)NCC(=O)O)c1. The van der Waals surface area contributed by atoms with E-state index in [1.165, 1.54) is 18.2 Å². The molecule has 0 bridgehead atoms. The summed E-state index contributed by atoms with van der Waals surface area (Å²) >= 11 is 5.85. The number of carbonyl (C=O) groups excluding carboxylic acids is 2. The number of amides is 3. The van der Waals surface area contributed by atoms with Gasteiger partial charge in [-0.25, -0.2) is 4.79 Å². The Morgan fingerprint density at radius 3 is 2.57 bits per heavy atom. The number of nitrogens with one attached hydrogen (secondary N) is 3. The van der Waals surface area contributed by atoms with Crippen LogP contribution in [0.1, 0.15) is 5.56 Å². The van der Waals surface area contributed by atoms with Crippen molar-refractivity contribution in [1.29, 1.82) is 5.26 Å². The molecule has 0 radical (unpaired) electrons. The van der Waals surface area contributed by atoms with Gasteiger partial charge in [-0.05, 0) is 18.2 Å². The zero-order valence-corrected chi connectivity index (χ0v) is 11.4. The van der Waals surface area contributed by atoms with Crippen molar-refractivity contribution < 1.29 is 19.5 Å². The molecule has 110 valence electrons. The van der Waals surface area contributed by atoms with Crippen molar-refractivity contribution >= 4 is 35.2 Å². The highest BCUT2D eigenvalue weighted by Gasteiger charge is 2.09. The first kappa shape index (κ1) is 16.3. The van der Waals surface area contributed by atoms with Gasteiger partial charge in [0.1, 0.15) is 6.54 Å². The molecule has 0 atom stereocenters. The van der Waals surface area contributed by atoms with Crippen molar-refractivity contribution in [3.8, 4) is 6.07 Å².